The molecule has 2 N–H and O–H groups in total. The van der Waals surface area contributed by atoms with Gasteiger partial charge in [0, 0.05) is 43.8 Å². The van der Waals surface area contributed by atoms with Crippen LogP contribution in [-0.4, -0.2) is 73.4 Å². The first-order chi connectivity index (χ1) is 17.9. The smallest absolute Gasteiger partial charge is 0.253 e. The van der Waals surface area contributed by atoms with Crippen molar-refractivity contribution in [2.24, 2.45) is 0 Å². The molecule has 0 bridgehead atoms. The Morgan fingerprint density at radius 3 is 2.54 bits per heavy atom. The number of anilines is 3. The third-order valence-electron chi connectivity index (χ3n) is 7.26. The summed E-state index contributed by atoms with van der Waals surface area (Å²) < 4.78 is 33.8. The molecule has 0 radical (unpaired) electrons. The summed E-state index contributed by atoms with van der Waals surface area (Å²) in [5.74, 6) is 0.235. The van der Waals surface area contributed by atoms with Gasteiger partial charge in [-0.1, -0.05) is 32.6 Å². The highest BCUT2D eigenvalue weighted by molar-refractivity contribution is 7.89. The van der Waals surface area contributed by atoms with Crippen molar-refractivity contribution in [3.05, 3.63) is 45.0 Å². The van der Waals surface area contributed by atoms with Gasteiger partial charge in [0.1, 0.15) is 17.6 Å². The summed E-state index contributed by atoms with van der Waals surface area (Å²) in [5, 5.41) is 6.08. The van der Waals surface area contributed by atoms with Crippen LogP contribution in [0.25, 0.3) is 0 Å². The standard InChI is InChI=1S/C26H39N5O5S/c1-2-3-6-18-37(34,35)31(21-8-4-5-9-21)15-7-14-30-16-17-36-22(19-30)29-24-23(25(32)26(24)33)28-20-10-12-27-13-11-20/h10-13,21-22,29H,2-9,14-19H2,1H3,(H,27,28). The van der Waals surface area contributed by atoms with Crippen molar-refractivity contribution in [3.63, 3.8) is 0 Å². The minimum absolute atomic E-state index is 0.131. The van der Waals surface area contributed by atoms with Crippen LogP contribution in [0.2, 0.25) is 0 Å². The van der Waals surface area contributed by atoms with Gasteiger partial charge in [0.15, 0.2) is 0 Å². The quantitative estimate of drug-likeness (QED) is 0.279. The highest BCUT2D eigenvalue weighted by Gasteiger charge is 2.32. The molecule has 204 valence electrons. The van der Waals surface area contributed by atoms with Gasteiger partial charge < -0.3 is 15.4 Å². The lowest BCUT2D eigenvalue weighted by molar-refractivity contribution is -0.0140. The molecule has 0 amide bonds. The number of hydrogen-bond acceptors (Lipinski definition) is 9. The fraction of sp³-hybridized carbons (Fsp3) is 0.654. The Balaban J connectivity index is 1.31. The average molecular weight is 534 g/mol. The first-order valence-corrected chi connectivity index (χ1v) is 15.1. The Morgan fingerprint density at radius 2 is 1.81 bits per heavy atom. The lowest BCUT2D eigenvalue weighted by atomic mass is 10.1. The molecule has 1 aromatic carbocycles. The van der Waals surface area contributed by atoms with E-state index in [1.54, 1.807) is 28.8 Å². The summed E-state index contributed by atoms with van der Waals surface area (Å²) in [4.78, 5) is 30.5. The lowest BCUT2D eigenvalue weighted by Gasteiger charge is -2.35. The van der Waals surface area contributed by atoms with E-state index < -0.39 is 27.1 Å². The van der Waals surface area contributed by atoms with Gasteiger partial charge in [0.2, 0.25) is 10.0 Å². The number of nitrogens with zero attached hydrogens (tertiary/aromatic N) is 3. The van der Waals surface area contributed by atoms with E-state index in [1.807, 2.05) is 0 Å². The van der Waals surface area contributed by atoms with Crippen molar-refractivity contribution >= 4 is 27.1 Å². The van der Waals surface area contributed by atoms with Gasteiger partial charge in [-0.05, 0) is 44.4 Å². The second-order valence-corrected chi connectivity index (χ2v) is 12.0. The fourth-order valence-corrected chi connectivity index (χ4v) is 7.10. The largest absolute Gasteiger partial charge is 0.356 e. The van der Waals surface area contributed by atoms with Gasteiger partial charge >= 0.3 is 0 Å². The highest BCUT2D eigenvalue weighted by atomic mass is 32.2. The number of unbranched alkanes of at least 4 members (excludes halogenated alkanes) is 2. The van der Waals surface area contributed by atoms with Crippen LogP contribution in [0.4, 0.5) is 17.1 Å². The van der Waals surface area contributed by atoms with Crippen molar-refractivity contribution in [3.8, 4) is 0 Å². The van der Waals surface area contributed by atoms with Crippen molar-refractivity contribution in [1.82, 2.24) is 14.2 Å². The molecule has 1 aliphatic heterocycles. The van der Waals surface area contributed by atoms with E-state index in [2.05, 4.69) is 27.4 Å². The zero-order valence-electron chi connectivity index (χ0n) is 21.7. The molecule has 10 nitrogen and oxygen atoms in total. The molecule has 0 spiro atoms. The van der Waals surface area contributed by atoms with Gasteiger partial charge in [-0.2, -0.15) is 4.31 Å². The van der Waals surface area contributed by atoms with Crippen LogP contribution in [0.1, 0.15) is 58.3 Å². The molecule has 1 atom stereocenters. The molecule has 2 fully saturated rings. The van der Waals surface area contributed by atoms with E-state index in [-0.39, 0.29) is 23.2 Å². The Hall–Kier alpha value is -2.34. The van der Waals surface area contributed by atoms with E-state index in [1.165, 1.54) is 0 Å². The predicted molar refractivity (Wildman–Crippen MR) is 146 cm³/mol. The maximum Gasteiger partial charge on any atom is 0.253 e. The Bertz CT molecular complexity index is 1180. The molecule has 1 aliphatic carbocycles. The molecule has 2 heterocycles. The molecule has 1 saturated heterocycles. The Kier molecular flexibility index (Phi) is 9.69. The van der Waals surface area contributed by atoms with Crippen LogP contribution < -0.4 is 21.5 Å². The third kappa shape index (κ3) is 7.16. The number of aromatic nitrogens is 1. The van der Waals surface area contributed by atoms with Crippen LogP contribution >= 0.6 is 0 Å². The SMILES string of the molecule is CCCCCS(=O)(=O)N(CCCN1CCOC(Nc2c(Nc3ccncc3)c(=O)c2=O)C1)C1CCCC1. The van der Waals surface area contributed by atoms with Gasteiger partial charge in [-0.25, -0.2) is 8.42 Å². The summed E-state index contributed by atoms with van der Waals surface area (Å²) in [6.07, 6.45) is 10.3. The molecule has 1 aromatic heterocycles. The van der Waals surface area contributed by atoms with Crippen LogP contribution in [0.3, 0.4) is 0 Å². The van der Waals surface area contributed by atoms with Gasteiger partial charge in [0.25, 0.3) is 10.9 Å². The van der Waals surface area contributed by atoms with Crippen LogP contribution in [0, 0.1) is 0 Å². The summed E-state index contributed by atoms with van der Waals surface area (Å²) in [5.41, 5.74) is 0.0290. The summed E-state index contributed by atoms with van der Waals surface area (Å²) in [6, 6.07) is 3.57. The molecular formula is C26H39N5O5S. The summed E-state index contributed by atoms with van der Waals surface area (Å²) >= 11 is 0. The number of hydrogen-bond donors (Lipinski definition) is 2. The summed E-state index contributed by atoms with van der Waals surface area (Å²) in [6.45, 7) is 5.12. The van der Waals surface area contributed by atoms with Crippen molar-refractivity contribution < 1.29 is 13.2 Å². The predicted octanol–water partition coefficient (Wildman–Crippen LogP) is 2.65. The molecule has 37 heavy (non-hydrogen) atoms. The monoisotopic (exact) mass is 533 g/mol. The number of rotatable bonds is 14. The molecule has 11 heteroatoms. The summed E-state index contributed by atoms with van der Waals surface area (Å²) in [7, 11) is -3.26. The zero-order chi connectivity index (χ0) is 26.3. The average Bonchev–Trinajstić information content (AvgIpc) is 3.43. The number of ether oxygens (including phenoxy) is 1. The minimum atomic E-state index is -3.26. The number of morpholine rings is 1. The highest BCUT2D eigenvalue weighted by Crippen LogP contribution is 2.27. The maximum absolute atomic E-state index is 13.1. The number of sulfonamides is 1. The molecule has 2 aromatic rings. The van der Waals surface area contributed by atoms with Gasteiger partial charge in [-0.3, -0.25) is 19.5 Å². The number of pyridine rings is 1. The van der Waals surface area contributed by atoms with Crippen molar-refractivity contribution in [1.29, 1.82) is 0 Å². The topological polar surface area (TPSA) is 121 Å². The van der Waals surface area contributed by atoms with E-state index in [9.17, 15) is 18.0 Å². The van der Waals surface area contributed by atoms with E-state index in [4.69, 9.17) is 4.74 Å². The first kappa shape index (κ1) is 27.7. The number of nitrogens with one attached hydrogen (secondary N) is 2. The molecule has 1 unspecified atom stereocenters. The van der Waals surface area contributed by atoms with E-state index >= 15 is 0 Å². The van der Waals surface area contributed by atoms with Crippen LogP contribution in [-0.2, 0) is 14.8 Å². The van der Waals surface area contributed by atoms with E-state index in [0.717, 1.165) is 58.0 Å². The van der Waals surface area contributed by atoms with Crippen LogP contribution in [0.15, 0.2) is 34.1 Å². The lowest BCUT2D eigenvalue weighted by Crippen LogP contribution is -2.49. The van der Waals surface area contributed by atoms with E-state index in [0.29, 0.717) is 31.8 Å². The second-order valence-electron chi connectivity index (χ2n) is 10.00. The molecule has 2 aliphatic rings. The molecule has 1 saturated carbocycles. The second kappa shape index (κ2) is 12.9. The Morgan fingerprint density at radius 1 is 1.08 bits per heavy atom. The molecule has 4 rings (SSSR count). The third-order valence-corrected chi connectivity index (χ3v) is 9.26. The normalized spacial score (nSPS) is 19.6. The molecular weight excluding hydrogens is 494 g/mol. The van der Waals surface area contributed by atoms with Gasteiger partial charge in [-0.15, -0.1) is 0 Å². The van der Waals surface area contributed by atoms with Crippen molar-refractivity contribution in [2.75, 3.05) is 49.2 Å². The Labute approximate surface area is 219 Å². The minimum Gasteiger partial charge on any atom is -0.356 e. The van der Waals surface area contributed by atoms with Crippen molar-refractivity contribution in [2.45, 2.75) is 70.6 Å². The fourth-order valence-electron chi connectivity index (χ4n) is 5.23. The maximum atomic E-state index is 13.1. The first-order valence-electron chi connectivity index (χ1n) is 13.5. The zero-order valence-corrected chi connectivity index (χ0v) is 22.5. The van der Waals surface area contributed by atoms with Gasteiger partial charge in [0.05, 0.1) is 12.4 Å². The van der Waals surface area contributed by atoms with Crippen LogP contribution in [0.5, 0.6) is 0 Å².